The topological polar surface area (TPSA) is 143 Å². The molecule has 11 heteroatoms. The van der Waals surface area contributed by atoms with Gasteiger partial charge in [0.25, 0.3) is 5.91 Å². The van der Waals surface area contributed by atoms with Crippen molar-refractivity contribution in [3.63, 3.8) is 0 Å². The van der Waals surface area contributed by atoms with Crippen LogP contribution in [0.1, 0.15) is 41.4 Å². The summed E-state index contributed by atoms with van der Waals surface area (Å²) in [5.74, 6) is 2.35. The van der Waals surface area contributed by atoms with E-state index in [2.05, 4.69) is 25.8 Å². The van der Waals surface area contributed by atoms with Crippen molar-refractivity contribution in [1.82, 2.24) is 25.5 Å². The summed E-state index contributed by atoms with van der Waals surface area (Å²) in [6.45, 7) is 5.19. The van der Waals surface area contributed by atoms with Crippen LogP contribution in [0.15, 0.2) is 24.3 Å². The van der Waals surface area contributed by atoms with Gasteiger partial charge in [0.2, 0.25) is 11.9 Å². The molecule has 1 aromatic carbocycles. The molecule has 2 aromatic rings. The molecule has 11 nitrogen and oxygen atoms in total. The zero-order chi connectivity index (χ0) is 26.4. The van der Waals surface area contributed by atoms with E-state index in [-0.39, 0.29) is 41.9 Å². The molecule has 5 heterocycles. The second-order valence-corrected chi connectivity index (χ2v) is 11.2. The van der Waals surface area contributed by atoms with E-state index < -0.39 is 6.10 Å². The number of aliphatic hydroxyl groups is 1. The minimum atomic E-state index is -0.790. The number of amides is 2. The van der Waals surface area contributed by atoms with Crippen LogP contribution in [0.3, 0.4) is 0 Å². The Labute approximate surface area is 221 Å². The number of carbonyl (C=O) groups is 2. The fraction of sp³-hybridized carbons (Fsp3) is 0.556. The van der Waals surface area contributed by atoms with Gasteiger partial charge in [0.15, 0.2) is 0 Å². The van der Waals surface area contributed by atoms with Crippen molar-refractivity contribution in [1.29, 1.82) is 0 Å². The van der Waals surface area contributed by atoms with Gasteiger partial charge in [-0.1, -0.05) is 6.07 Å². The van der Waals surface area contributed by atoms with E-state index in [0.29, 0.717) is 49.7 Å². The van der Waals surface area contributed by atoms with Crippen LogP contribution < -0.4 is 20.9 Å². The molecular formula is C27H35N7O4. The van der Waals surface area contributed by atoms with Crippen molar-refractivity contribution in [2.45, 2.75) is 50.9 Å². The summed E-state index contributed by atoms with van der Waals surface area (Å²) in [4.78, 5) is 38.0. The molecule has 1 saturated carbocycles. The lowest BCUT2D eigenvalue weighted by Gasteiger charge is -2.47. The zero-order valence-electron chi connectivity index (χ0n) is 21.6. The van der Waals surface area contributed by atoms with Crippen molar-refractivity contribution in [3.05, 3.63) is 41.1 Å². The summed E-state index contributed by atoms with van der Waals surface area (Å²) in [5.41, 5.74) is 2.34. The number of carbonyl (C=O) groups excluding carboxylic acids is 2. The Bertz CT molecular complexity index is 1220. The van der Waals surface area contributed by atoms with Gasteiger partial charge in [0.1, 0.15) is 17.3 Å². The molecule has 4 aliphatic heterocycles. The number of anilines is 2. The molecule has 1 aliphatic carbocycles. The van der Waals surface area contributed by atoms with Crippen LogP contribution in [0.2, 0.25) is 0 Å². The number of piperidine rings is 2. The number of phenols is 1. The number of nitrogens with one attached hydrogen (secondary N) is 3. The zero-order valence-corrected chi connectivity index (χ0v) is 21.6. The maximum atomic E-state index is 13.2. The molecule has 0 spiro atoms. The fourth-order valence-electron chi connectivity index (χ4n) is 6.06. The predicted octanol–water partition coefficient (Wildman–Crippen LogP) is 0.476. The van der Waals surface area contributed by atoms with Crippen LogP contribution >= 0.6 is 0 Å². The quantitative estimate of drug-likeness (QED) is 0.351. The number of benzene rings is 1. The molecule has 0 radical (unpaired) electrons. The van der Waals surface area contributed by atoms with Gasteiger partial charge in [-0.3, -0.25) is 9.59 Å². The first-order chi connectivity index (χ1) is 18.3. The van der Waals surface area contributed by atoms with E-state index in [1.807, 2.05) is 6.07 Å². The summed E-state index contributed by atoms with van der Waals surface area (Å²) in [6.07, 6.45) is 2.32. The smallest absolute Gasteiger partial charge is 0.270 e. The van der Waals surface area contributed by atoms with Crippen molar-refractivity contribution in [2.24, 2.45) is 11.8 Å². The van der Waals surface area contributed by atoms with Gasteiger partial charge in [0, 0.05) is 58.3 Å². The minimum absolute atomic E-state index is 0.0479. The number of phenolic OH excluding ortho intramolecular Hbond substituents is 1. The molecule has 38 heavy (non-hydrogen) atoms. The van der Waals surface area contributed by atoms with E-state index in [1.54, 1.807) is 30.0 Å². The van der Waals surface area contributed by atoms with Crippen molar-refractivity contribution >= 4 is 23.6 Å². The Morgan fingerprint density at radius 2 is 1.87 bits per heavy atom. The molecule has 202 valence electrons. The first-order valence-electron chi connectivity index (χ1n) is 13.5. The highest BCUT2D eigenvalue weighted by Crippen LogP contribution is 2.40. The molecule has 2 bridgehead atoms. The van der Waals surface area contributed by atoms with Crippen LogP contribution in [0.25, 0.3) is 0 Å². The third-order valence-corrected chi connectivity index (χ3v) is 8.32. The van der Waals surface area contributed by atoms with E-state index in [4.69, 9.17) is 4.98 Å². The highest BCUT2D eigenvalue weighted by Gasteiger charge is 2.38. The monoisotopic (exact) mass is 521 g/mol. The highest BCUT2D eigenvalue weighted by molar-refractivity contribution is 5.93. The third-order valence-electron chi connectivity index (χ3n) is 8.32. The molecule has 1 aromatic heterocycles. The Balaban J connectivity index is 1.12. The lowest BCUT2D eigenvalue weighted by molar-refractivity contribution is -0.132. The Kier molecular flexibility index (Phi) is 6.56. The Morgan fingerprint density at radius 3 is 2.61 bits per heavy atom. The maximum absolute atomic E-state index is 13.2. The number of rotatable bonds is 7. The number of nitrogens with zero attached hydrogens (tertiary/aromatic N) is 4. The van der Waals surface area contributed by atoms with Crippen LogP contribution in [0.5, 0.6) is 5.75 Å². The fourth-order valence-corrected chi connectivity index (χ4v) is 6.06. The van der Waals surface area contributed by atoms with Crippen molar-refractivity contribution in [3.8, 4) is 5.75 Å². The van der Waals surface area contributed by atoms with Gasteiger partial charge < -0.3 is 36.0 Å². The van der Waals surface area contributed by atoms with Gasteiger partial charge in [-0.05, 0) is 54.4 Å². The molecule has 5 N–H and O–H groups in total. The van der Waals surface area contributed by atoms with E-state index >= 15 is 0 Å². The number of hydrogen-bond acceptors (Lipinski definition) is 9. The van der Waals surface area contributed by atoms with E-state index in [0.717, 1.165) is 24.2 Å². The highest BCUT2D eigenvalue weighted by atomic mass is 16.3. The molecule has 2 amide bonds. The predicted molar refractivity (Wildman–Crippen MR) is 141 cm³/mol. The molecular weight excluding hydrogens is 486 g/mol. The average molecular weight is 522 g/mol. The minimum Gasteiger partial charge on any atom is -0.508 e. The molecule has 7 rings (SSSR count). The number of aromatic nitrogens is 2. The van der Waals surface area contributed by atoms with Gasteiger partial charge in [-0.2, -0.15) is 4.98 Å². The average Bonchev–Trinajstić information content (AvgIpc) is 2.87. The van der Waals surface area contributed by atoms with Crippen LogP contribution in [-0.4, -0.2) is 87.8 Å². The second kappa shape index (κ2) is 10.0. The summed E-state index contributed by atoms with van der Waals surface area (Å²) >= 11 is 0. The summed E-state index contributed by atoms with van der Waals surface area (Å²) < 4.78 is 0. The molecule has 3 saturated heterocycles. The van der Waals surface area contributed by atoms with Crippen LogP contribution in [0, 0.1) is 11.8 Å². The van der Waals surface area contributed by atoms with Crippen molar-refractivity contribution in [2.75, 3.05) is 42.9 Å². The SMILES string of the molecule is CC(=O)N1CC(Nc2cc(C(=O)NC[C@@H](O)[C@@H]3Cc4ccc(O)cc4CN3)nc(N3CC4CC(C4)C3)n2)C1. The van der Waals surface area contributed by atoms with Gasteiger partial charge in [-0.15, -0.1) is 0 Å². The number of hydrogen-bond donors (Lipinski definition) is 5. The normalized spacial score (nSPS) is 25.1. The van der Waals surface area contributed by atoms with Gasteiger partial charge >= 0.3 is 0 Å². The lowest BCUT2D eigenvalue weighted by atomic mass is 9.71. The largest absolute Gasteiger partial charge is 0.508 e. The standard InChI is InChI=1S/C27H35N7O4/c1-15(35)33-13-20(14-33)30-25-8-23(31-27(32-25)34-11-16-4-17(5-16)12-34)26(38)29-10-24(37)22-7-18-2-3-21(36)6-19(18)9-28-22/h2-3,6,8,16-17,20,22,24,28,36-37H,4-5,7,9-14H2,1H3,(H,29,38)(H,30,31,32)/t16?,17?,22-,24+/m0/s1. The molecule has 5 aliphatic rings. The third kappa shape index (κ3) is 5.12. The number of aromatic hydroxyl groups is 1. The van der Waals surface area contributed by atoms with Crippen LogP contribution in [-0.2, 0) is 17.8 Å². The summed E-state index contributed by atoms with van der Waals surface area (Å²) in [5, 5.41) is 30.0. The Hall–Kier alpha value is -3.44. The van der Waals surface area contributed by atoms with Gasteiger partial charge in [0.05, 0.1) is 12.1 Å². The first-order valence-corrected chi connectivity index (χ1v) is 13.5. The second-order valence-electron chi connectivity index (χ2n) is 11.2. The van der Waals surface area contributed by atoms with Gasteiger partial charge in [-0.25, -0.2) is 4.98 Å². The summed E-state index contributed by atoms with van der Waals surface area (Å²) in [6, 6.07) is 6.78. The van der Waals surface area contributed by atoms with Crippen molar-refractivity contribution < 1.29 is 19.8 Å². The van der Waals surface area contributed by atoms with E-state index in [9.17, 15) is 19.8 Å². The van der Waals surface area contributed by atoms with Crippen LogP contribution in [0.4, 0.5) is 11.8 Å². The van der Waals surface area contributed by atoms with E-state index in [1.165, 1.54) is 12.8 Å². The number of fused-ring (bicyclic) bond motifs is 3. The molecule has 0 unspecified atom stereocenters. The number of aliphatic hydroxyl groups excluding tert-OH is 1. The maximum Gasteiger partial charge on any atom is 0.270 e. The number of likely N-dealkylation sites (tertiary alicyclic amines) is 1. The molecule has 4 fully saturated rings. The molecule has 2 atom stereocenters. The lowest BCUT2D eigenvalue weighted by Crippen LogP contribution is -2.56. The Morgan fingerprint density at radius 1 is 1.11 bits per heavy atom. The first kappa shape index (κ1) is 24.9. The summed E-state index contributed by atoms with van der Waals surface area (Å²) in [7, 11) is 0.